The van der Waals surface area contributed by atoms with Gasteiger partial charge in [-0.2, -0.15) is 4.98 Å². The molecule has 1 aliphatic heterocycles. The number of aromatic nitrogens is 4. The first kappa shape index (κ1) is 25.4. The van der Waals surface area contributed by atoms with Crippen molar-refractivity contribution in [2.75, 3.05) is 23.3 Å². The minimum absolute atomic E-state index is 0.403. The molecular formula is C26H26ClN7OS2. The average molecular weight is 552 g/mol. The summed E-state index contributed by atoms with van der Waals surface area (Å²) < 4.78 is 5.96. The van der Waals surface area contributed by atoms with E-state index in [0.717, 1.165) is 47.4 Å². The van der Waals surface area contributed by atoms with Crippen molar-refractivity contribution in [2.24, 2.45) is 5.92 Å². The summed E-state index contributed by atoms with van der Waals surface area (Å²) in [6, 6.07) is 15.2. The number of nitrogens with zero attached hydrogens (tertiary/aromatic N) is 5. The maximum atomic E-state index is 5.98. The summed E-state index contributed by atoms with van der Waals surface area (Å²) in [6.07, 6.45) is 5.80. The van der Waals surface area contributed by atoms with Crippen LogP contribution in [0.4, 0.5) is 11.8 Å². The Bertz CT molecular complexity index is 1350. The minimum atomic E-state index is 0.403. The second-order valence-electron chi connectivity index (χ2n) is 8.80. The topological polar surface area (TPSA) is 92.0 Å². The summed E-state index contributed by atoms with van der Waals surface area (Å²) in [5.41, 5.74) is 0.959. The molecule has 0 radical (unpaired) electrons. The van der Waals surface area contributed by atoms with E-state index in [9.17, 15) is 0 Å². The smallest absolute Gasteiger partial charge is 0.232 e. The molecule has 0 saturated carbocycles. The molecule has 1 aromatic carbocycles. The lowest BCUT2D eigenvalue weighted by atomic mass is 10.0. The third-order valence-corrected chi connectivity index (χ3v) is 7.16. The average Bonchev–Trinajstić information content (AvgIpc) is 3.37. The molecule has 4 heterocycles. The van der Waals surface area contributed by atoms with Gasteiger partial charge in [-0.15, -0.1) is 0 Å². The standard InChI is InChI=1S/C26H26ClN7OS2/c1-17-4-2-13-34(16-17)22-14-23(37-26-28-11-3-12-29-26)32-24(31-22)33-25(36)30-15-20-9-10-21(35-20)18-5-7-19(27)8-6-18/h3,5-12,14,17H,2,4,13,15-16H2,1H3,(H2,30,31,32,33,36)/t17-/m1/s1. The van der Waals surface area contributed by atoms with Crippen molar-refractivity contribution >= 4 is 52.5 Å². The highest BCUT2D eigenvalue weighted by atomic mass is 35.5. The molecule has 0 unspecified atom stereocenters. The molecular weight excluding hydrogens is 526 g/mol. The Hall–Kier alpha value is -3.21. The summed E-state index contributed by atoms with van der Waals surface area (Å²) in [5, 5.41) is 8.78. The Morgan fingerprint density at radius 3 is 2.76 bits per heavy atom. The number of furan rings is 1. The van der Waals surface area contributed by atoms with Gasteiger partial charge in [0.1, 0.15) is 22.4 Å². The van der Waals surface area contributed by atoms with E-state index >= 15 is 0 Å². The number of benzene rings is 1. The maximum absolute atomic E-state index is 5.98. The predicted octanol–water partition coefficient (Wildman–Crippen LogP) is 6.05. The summed E-state index contributed by atoms with van der Waals surface area (Å²) in [6.45, 7) is 4.61. The van der Waals surface area contributed by atoms with Gasteiger partial charge in [0.25, 0.3) is 0 Å². The van der Waals surface area contributed by atoms with Crippen LogP contribution in [-0.4, -0.2) is 38.1 Å². The van der Waals surface area contributed by atoms with Gasteiger partial charge in [-0.3, -0.25) is 0 Å². The zero-order chi connectivity index (χ0) is 25.6. The van der Waals surface area contributed by atoms with Gasteiger partial charge in [0, 0.05) is 42.1 Å². The molecule has 5 rings (SSSR count). The van der Waals surface area contributed by atoms with Gasteiger partial charge in [-0.25, -0.2) is 15.0 Å². The molecule has 1 atom stereocenters. The highest BCUT2D eigenvalue weighted by molar-refractivity contribution is 7.99. The van der Waals surface area contributed by atoms with Crippen LogP contribution in [0.5, 0.6) is 0 Å². The first-order valence-electron chi connectivity index (χ1n) is 12.0. The number of anilines is 2. The molecule has 11 heteroatoms. The predicted molar refractivity (Wildman–Crippen MR) is 151 cm³/mol. The van der Waals surface area contributed by atoms with E-state index in [1.807, 2.05) is 42.5 Å². The Morgan fingerprint density at radius 1 is 1.16 bits per heavy atom. The molecule has 3 aromatic heterocycles. The van der Waals surface area contributed by atoms with E-state index in [1.54, 1.807) is 18.5 Å². The van der Waals surface area contributed by atoms with E-state index in [0.29, 0.717) is 33.7 Å². The number of piperidine rings is 1. The van der Waals surface area contributed by atoms with Crippen LogP contribution in [-0.2, 0) is 6.54 Å². The number of thiocarbonyl (C=S) groups is 1. The monoisotopic (exact) mass is 551 g/mol. The second-order valence-corrected chi connectivity index (χ2v) is 10.6. The molecule has 4 aromatic rings. The summed E-state index contributed by atoms with van der Waals surface area (Å²) in [5.74, 6) is 3.42. The highest BCUT2D eigenvalue weighted by Gasteiger charge is 2.20. The molecule has 2 N–H and O–H groups in total. The summed E-state index contributed by atoms with van der Waals surface area (Å²) in [7, 11) is 0. The van der Waals surface area contributed by atoms with Gasteiger partial charge >= 0.3 is 0 Å². The van der Waals surface area contributed by atoms with Crippen LogP contribution in [0.25, 0.3) is 11.3 Å². The molecule has 1 fully saturated rings. The Balaban J connectivity index is 1.27. The Kier molecular flexibility index (Phi) is 8.18. The van der Waals surface area contributed by atoms with Crippen LogP contribution in [0.15, 0.2) is 75.5 Å². The van der Waals surface area contributed by atoms with E-state index in [4.69, 9.17) is 33.2 Å². The number of hydrogen-bond acceptors (Lipinski definition) is 8. The van der Waals surface area contributed by atoms with Gasteiger partial charge in [0.15, 0.2) is 10.3 Å². The van der Waals surface area contributed by atoms with Crippen LogP contribution >= 0.6 is 35.6 Å². The summed E-state index contributed by atoms with van der Waals surface area (Å²) in [4.78, 5) is 20.4. The van der Waals surface area contributed by atoms with E-state index < -0.39 is 0 Å². The quantitative estimate of drug-likeness (QED) is 0.160. The van der Waals surface area contributed by atoms with Crippen molar-refractivity contribution in [1.82, 2.24) is 25.3 Å². The van der Waals surface area contributed by atoms with E-state index in [-0.39, 0.29) is 0 Å². The lowest BCUT2D eigenvalue weighted by Gasteiger charge is -2.32. The second kappa shape index (κ2) is 11.9. The van der Waals surface area contributed by atoms with Gasteiger partial charge in [-0.05, 0) is 85.2 Å². The fraction of sp³-hybridized carbons (Fsp3) is 0.269. The van der Waals surface area contributed by atoms with Crippen molar-refractivity contribution in [3.8, 4) is 11.3 Å². The molecule has 0 spiro atoms. The minimum Gasteiger partial charge on any atom is -0.459 e. The first-order chi connectivity index (χ1) is 18.0. The third-order valence-electron chi connectivity index (χ3n) is 5.85. The van der Waals surface area contributed by atoms with Crippen molar-refractivity contribution in [1.29, 1.82) is 0 Å². The molecule has 1 aliphatic rings. The number of nitrogens with one attached hydrogen (secondary N) is 2. The zero-order valence-corrected chi connectivity index (χ0v) is 22.6. The van der Waals surface area contributed by atoms with Gasteiger partial charge in [0.2, 0.25) is 5.95 Å². The third kappa shape index (κ3) is 6.97. The maximum Gasteiger partial charge on any atom is 0.232 e. The number of rotatable bonds is 7. The molecule has 37 heavy (non-hydrogen) atoms. The lowest BCUT2D eigenvalue weighted by Crippen LogP contribution is -2.35. The fourth-order valence-corrected chi connectivity index (χ4v) is 5.07. The van der Waals surface area contributed by atoms with E-state index in [2.05, 4.69) is 37.4 Å². The Morgan fingerprint density at radius 2 is 1.97 bits per heavy atom. The van der Waals surface area contributed by atoms with Crippen molar-refractivity contribution in [2.45, 2.75) is 36.5 Å². The van der Waals surface area contributed by atoms with Gasteiger partial charge in [-0.1, -0.05) is 18.5 Å². The SMILES string of the molecule is C[C@@H]1CCCN(c2cc(Sc3ncccn3)nc(NC(=S)NCc3ccc(-c4ccc(Cl)cc4)o3)n2)C1. The van der Waals surface area contributed by atoms with Crippen molar-refractivity contribution in [3.63, 3.8) is 0 Å². The lowest BCUT2D eigenvalue weighted by molar-refractivity contribution is 0.444. The molecule has 0 amide bonds. The summed E-state index contributed by atoms with van der Waals surface area (Å²) >= 11 is 12.9. The van der Waals surface area contributed by atoms with Crippen LogP contribution < -0.4 is 15.5 Å². The van der Waals surface area contributed by atoms with Gasteiger partial charge < -0.3 is 20.0 Å². The van der Waals surface area contributed by atoms with Crippen molar-refractivity contribution < 1.29 is 4.42 Å². The molecule has 0 bridgehead atoms. The number of hydrogen-bond donors (Lipinski definition) is 2. The first-order valence-corrected chi connectivity index (χ1v) is 13.6. The molecule has 0 aliphatic carbocycles. The molecule has 190 valence electrons. The largest absolute Gasteiger partial charge is 0.459 e. The molecule has 1 saturated heterocycles. The van der Waals surface area contributed by atoms with Crippen LogP contribution in [0.3, 0.4) is 0 Å². The van der Waals surface area contributed by atoms with E-state index in [1.165, 1.54) is 18.2 Å². The highest BCUT2D eigenvalue weighted by Crippen LogP contribution is 2.29. The van der Waals surface area contributed by atoms with Crippen molar-refractivity contribution in [3.05, 3.63) is 71.7 Å². The Labute approximate surface area is 230 Å². The fourth-order valence-electron chi connectivity index (χ4n) is 4.07. The van der Waals surface area contributed by atoms with Crippen LogP contribution in [0.2, 0.25) is 5.02 Å². The number of halogens is 1. The normalized spacial score (nSPS) is 15.4. The zero-order valence-electron chi connectivity index (χ0n) is 20.2. The van der Waals surface area contributed by atoms with Gasteiger partial charge in [0.05, 0.1) is 6.54 Å². The molecule has 8 nitrogen and oxygen atoms in total. The van der Waals surface area contributed by atoms with Crippen LogP contribution in [0.1, 0.15) is 25.5 Å². The van der Waals surface area contributed by atoms with Crippen LogP contribution in [0, 0.1) is 5.92 Å².